The smallest absolute Gasteiger partial charge is 0.133 e. The predicted molar refractivity (Wildman–Crippen MR) is 106 cm³/mol. The fraction of sp³-hybridized carbons (Fsp3) is 0.111. The van der Waals surface area contributed by atoms with Gasteiger partial charge in [-0.1, -0.05) is 36.4 Å². The molecule has 6 heteroatoms. The average Bonchev–Trinajstić information content (AvgIpc) is 2.59. The van der Waals surface area contributed by atoms with Gasteiger partial charge in [0.05, 0.1) is 10.7 Å². The van der Waals surface area contributed by atoms with E-state index in [4.69, 9.17) is 22.7 Å². The highest BCUT2D eigenvalue weighted by Gasteiger charge is 2.08. The third-order valence-corrected chi connectivity index (χ3v) is 3.50. The molecule has 5 nitrogen and oxygen atoms in total. The van der Waals surface area contributed by atoms with Gasteiger partial charge in [0.2, 0.25) is 0 Å². The van der Waals surface area contributed by atoms with Crippen LogP contribution in [0.3, 0.4) is 0 Å². The van der Waals surface area contributed by atoms with Crippen molar-refractivity contribution in [1.82, 2.24) is 5.32 Å². The summed E-state index contributed by atoms with van der Waals surface area (Å²) in [4.78, 5) is 5.58. The number of aliphatic imine (C=N–C) groups is 1. The van der Waals surface area contributed by atoms with Gasteiger partial charge in [0, 0.05) is 24.5 Å². The largest absolute Gasteiger partial charge is 0.398 e. The third-order valence-electron chi connectivity index (χ3n) is 3.17. The van der Waals surface area contributed by atoms with Crippen LogP contribution in [0, 0.1) is 5.41 Å². The molecule has 1 aromatic carbocycles. The van der Waals surface area contributed by atoms with Crippen molar-refractivity contribution in [3.63, 3.8) is 0 Å². The minimum Gasteiger partial charge on any atom is -0.398 e. The van der Waals surface area contributed by atoms with Crippen LogP contribution in [0.4, 0.5) is 11.4 Å². The maximum atomic E-state index is 8.22. The highest BCUT2D eigenvalue weighted by Crippen LogP contribution is 2.24. The van der Waals surface area contributed by atoms with E-state index in [0.717, 1.165) is 11.4 Å². The molecule has 0 unspecified atom stereocenters. The first kappa shape index (κ1) is 19.3. The van der Waals surface area contributed by atoms with Crippen molar-refractivity contribution < 1.29 is 0 Å². The van der Waals surface area contributed by atoms with Crippen molar-refractivity contribution in [3.05, 3.63) is 71.7 Å². The van der Waals surface area contributed by atoms with E-state index in [9.17, 15) is 0 Å². The van der Waals surface area contributed by atoms with Gasteiger partial charge in [-0.3, -0.25) is 5.41 Å². The second kappa shape index (κ2) is 9.37. The second-order valence-corrected chi connectivity index (χ2v) is 5.21. The molecule has 0 aliphatic carbocycles. The van der Waals surface area contributed by atoms with Crippen molar-refractivity contribution in [2.75, 3.05) is 17.7 Å². The molecule has 0 aromatic heterocycles. The van der Waals surface area contributed by atoms with Crippen molar-refractivity contribution in [1.29, 1.82) is 5.41 Å². The molecule has 24 heavy (non-hydrogen) atoms. The Hall–Kier alpha value is -2.79. The van der Waals surface area contributed by atoms with E-state index >= 15 is 0 Å². The molecule has 0 bridgehead atoms. The highest BCUT2D eigenvalue weighted by molar-refractivity contribution is 6.33. The second-order valence-electron chi connectivity index (χ2n) is 4.80. The molecule has 0 atom stereocenters. The summed E-state index contributed by atoms with van der Waals surface area (Å²) in [6.45, 7) is 9.06. The molecule has 0 saturated carbocycles. The van der Waals surface area contributed by atoms with Gasteiger partial charge in [-0.2, -0.15) is 0 Å². The number of amidine groups is 1. The molecule has 0 spiro atoms. The first-order chi connectivity index (χ1) is 11.4. The summed E-state index contributed by atoms with van der Waals surface area (Å²) >= 11 is 6.03. The molecule has 0 heterocycles. The Bertz CT molecular complexity index is 716. The van der Waals surface area contributed by atoms with Crippen LogP contribution in [0.15, 0.2) is 71.7 Å². The van der Waals surface area contributed by atoms with E-state index in [1.54, 1.807) is 48.4 Å². The van der Waals surface area contributed by atoms with Crippen molar-refractivity contribution >= 4 is 35.5 Å². The fourth-order valence-corrected chi connectivity index (χ4v) is 1.92. The number of nitrogen functional groups attached to an aromatic ring is 1. The number of rotatable bonds is 7. The predicted octanol–water partition coefficient (Wildman–Crippen LogP) is 4.11. The lowest BCUT2D eigenvalue weighted by Crippen LogP contribution is -2.25. The first-order valence-electron chi connectivity index (χ1n) is 7.21. The molecule has 4 N–H and O–H groups in total. The zero-order valence-corrected chi connectivity index (χ0v) is 14.6. The molecule has 0 fully saturated rings. The van der Waals surface area contributed by atoms with Crippen LogP contribution in [0.5, 0.6) is 0 Å². The molecule has 0 radical (unpaired) electrons. The summed E-state index contributed by atoms with van der Waals surface area (Å²) in [6.07, 6.45) is 8.78. The number of anilines is 2. The van der Waals surface area contributed by atoms with E-state index in [1.165, 1.54) is 0 Å². The first-order valence-corrected chi connectivity index (χ1v) is 7.58. The summed E-state index contributed by atoms with van der Waals surface area (Å²) in [7, 11) is 1.76. The molecule has 0 aliphatic heterocycles. The van der Waals surface area contributed by atoms with Gasteiger partial charge in [-0.25, -0.2) is 4.99 Å². The van der Waals surface area contributed by atoms with Crippen LogP contribution in [0.25, 0.3) is 0 Å². The number of hydrogen-bond acceptors (Lipinski definition) is 4. The number of likely N-dealkylation sites (N-methyl/N-ethyl adjacent to an activating group) is 1. The number of nitrogens with zero attached hydrogens (tertiary/aromatic N) is 2. The van der Waals surface area contributed by atoms with Gasteiger partial charge in [-0.15, -0.1) is 0 Å². The quantitative estimate of drug-likeness (QED) is 0.302. The van der Waals surface area contributed by atoms with Gasteiger partial charge < -0.3 is 16.0 Å². The monoisotopic (exact) mass is 343 g/mol. The lowest BCUT2D eigenvalue weighted by molar-refractivity contribution is 0.979. The summed E-state index contributed by atoms with van der Waals surface area (Å²) in [6, 6.07) is 5.20. The van der Waals surface area contributed by atoms with E-state index in [2.05, 4.69) is 23.6 Å². The van der Waals surface area contributed by atoms with Gasteiger partial charge in [-0.05, 0) is 37.9 Å². The molecule has 126 valence electrons. The van der Waals surface area contributed by atoms with Gasteiger partial charge in [0.1, 0.15) is 11.7 Å². The Morgan fingerprint density at radius 1 is 1.46 bits per heavy atom. The number of nitrogens with one attached hydrogen (secondary N) is 2. The zero-order chi connectivity index (χ0) is 18.1. The molecule has 0 amide bonds. The average molecular weight is 344 g/mol. The Morgan fingerprint density at radius 2 is 2.17 bits per heavy atom. The van der Waals surface area contributed by atoms with E-state index < -0.39 is 0 Å². The number of nitrogens with two attached hydrogens (primary N) is 1. The molecule has 1 aromatic rings. The number of hydrogen-bond donors (Lipinski definition) is 3. The highest BCUT2D eigenvalue weighted by atomic mass is 35.5. The van der Waals surface area contributed by atoms with E-state index in [-0.39, 0.29) is 5.84 Å². The van der Waals surface area contributed by atoms with Crippen LogP contribution in [0.2, 0.25) is 5.02 Å². The summed E-state index contributed by atoms with van der Waals surface area (Å²) < 4.78 is 0. The van der Waals surface area contributed by atoms with Crippen LogP contribution in [0.1, 0.15) is 6.92 Å². The van der Waals surface area contributed by atoms with Crippen molar-refractivity contribution in [3.8, 4) is 0 Å². The Balaban J connectivity index is 2.96. The standard InChI is InChI=1S/C18H22ClN5/c1-5-7-8-13(6-2)23-18(22-3)12-17(21)24(4)14-9-10-16(20)15(19)11-14/h5-12,21,23H,1,3,20H2,2,4H3/b8-7-,13-6+,18-12+,21-17?. The van der Waals surface area contributed by atoms with E-state index in [1.807, 2.05) is 19.1 Å². The van der Waals surface area contributed by atoms with Gasteiger partial charge >= 0.3 is 0 Å². The third kappa shape index (κ3) is 5.44. The maximum absolute atomic E-state index is 8.22. The van der Waals surface area contributed by atoms with Crippen LogP contribution in [-0.2, 0) is 0 Å². The SMILES string of the molecule is C=C/C=C\C(=C/C)N/C(=C/C(=N)N(C)c1ccc(N)c(Cl)c1)N=C. The topological polar surface area (TPSA) is 77.5 Å². The molecular formula is C18H22ClN5. The molecule has 1 rings (SSSR count). The lowest BCUT2D eigenvalue weighted by atomic mass is 10.2. The Labute approximate surface area is 148 Å². The summed E-state index contributed by atoms with van der Waals surface area (Å²) in [5.41, 5.74) is 7.77. The Kier molecular flexibility index (Phi) is 7.52. The Morgan fingerprint density at radius 3 is 2.71 bits per heavy atom. The van der Waals surface area contributed by atoms with Crippen LogP contribution < -0.4 is 16.0 Å². The summed E-state index contributed by atoms with van der Waals surface area (Å²) in [5, 5.41) is 11.8. The van der Waals surface area contributed by atoms with Crippen LogP contribution in [-0.4, -0.2) is 19.6 Å². The summed E-state index contributed by atoms with van der Waals surface area (Å²) in [5.74, 6) is 0.670. The number of allylic oxidation sites excluding steroid dienone is 4. The molecule has 0 aliphatic rings. The maximum Gasteiger partial charge on any atom is 0.133 e. The molecular weight excluding hydrogens is 322 g/mol. The number of halogens is 1. The lowest BCUT2D eigenvalue weighted by Gasteiger charge is -2.19. The molecule has 0 saturated heterocycles. The normalized spacial score (nSPS) is 12.1. The van der Waals surface area contributed by atoms with Crippen molar-refractivity contribution in [2.24, 2.45) is 4.99 Å². The fourth-order valence-electron chi connectivity index (χ4n) is 1.74. The zero-order valence-electron chi connectivity index (χ0n) is 13.9. The minimum absolute atomic E-state index is 0.217. The van der Waals surface area contributed by atoms with Crippen LogP contribution >= 0.6 is 11.6 Å². The number of benzene rings is 1. The van der Waals surface area contributed by atoms with Gasteiger partial charge in [0.25, 0.3) is 0 Å². The van der Waals surface area contributed by atoms with Gasteiger partial charge in [0.15, 0.2) is 0 Å². The van der Waals surface area contributed by atoms with Crippen molar-refractivity contribution in [2.45, 2.75) is 6.92 Å². The minimum atomic E-state index is 0.217. The van der Waals surface area contributed by atoms with E-state index in [0.29, 0.717) is 16.5 Å².